The Labute approximate surface area is 172 Å². The largest absolute Gasteiger partial charge is 0.495 e. The molecule has 6 nitrogen and oxygen atoms in total. The fourth-order valence-electron chi connectivity index (χ4n) is 3.64. The second kappa shape index (κ2) is 9.41. The zero-order chi connectivity index (χ0) is 20.9. The van der Waals surface area contributed by atoms with Gasteiger partial charge in [0.25, 0.3) is 5.91 Å². The first-order valence-corrected chi connectivity index (χ1v) is 11.4. The molecule has 29 heavy (non-hydrogen) atoms. The maximum Gasteiger partial charge on any atom is 0.251 e. The van der Waals surface area contributed by atoms with Crippen LogP contribution in [0.1, 0.15) is 42.1 Å². The summed E-state index contributed by atoms with van der Waals surface area (Å²) in [5, 5.41) is 2.86. The Hall–Kier alpha value is -2.38. The molecule has 0 unspecified atom stereocenters. The van der Waals surface area contributed by atoms with Gasteiger partial charge in [-0.3, -0.25) is 4.79 Å². The number of carbonyl (C=O) groups is 1. The molecule has 1 N–H and O–H groups in total. The van der Waals surface area contributed by atoms with Crippen LogP contribution in [0.3, 0.4) is 0 Å². The van der Waals surface area contributed by atoms with Crippen molar-refractivity contribution in [2.75, 3.05) is 20.2 Å². The second-order valence-corrected chi connectivity index (χ2v) is 9.18. The predicted molar refractivity (Wildman–Crippen MR) is 113 cm³/mol. The van der Waals surface area contributed by atoms with Gasteiger partial charge >= 0.3 is 0 Å². The summed E-state index contributed by atoms with van der Waals surface area (Å²) in [6.45, 7) is 2.88. The van der Waals surface area contributed by atoms with E-state index in [1.165, 1.54) is 17.5 Å². The number of ether oxygens (including phenoxy) is 1. The quantitative estimate of drug-likeness (QED) is 0.752. The Morgan fingerprint density at radius 1 is 1.17 bits per heavy atom. The van der Waals surface area contributed by atoms with Crippen molar-refractivity contribution in [3.8, 4) is 5.75 Å². The molecular weight excluding hydrogens is 388 g/mol. The Bertz CT molecular complexity index is 945. The molecule has 0 radical (unpaired) electrons. The van der Waals surface area contributed by atoms with Crippen molar-refractivity contribution in [3.63, 3.8) is 0 Å². The van der Waals surface area contributed by atoms with Crippen molar-refractivity contribution in [1.82, 2.24) is 9.62 Å². The van der Waals surface area contributed by atoms with Gasteiger partial charge in [0.2, 0.25) is 10.0 Å². The molecular formula is C22H28N2O4S. The maximum atomic E-state index is 13.3. The molecule has 1 atom stereocenters. The molecule has 0 spiro atoms. The number of hydrogen-bond donors (Lipinski definition) is 1. The Morgan fingerprint density at radius 3 is 2.62 bits per heavy atom. The summed E-state index contributed by atoms with van der Waals surface area (Å²) >= 11 is 0. The van der Waals surface area contributed by atoms with E-state index < -0.39 is 10.0 Å². The highest BCUT2D eigenvalue weighted by Gasteiger charge is 2.33. The molecule has 0 aromatic heterocycles. The van der Waals surface area contributed by atoms with Crippen LogP contribution in [0.25, 0.3) is 0 Å². The van der Waals surface area contributed by atoms with Crippen LogP contribution in [0.5, 0.6) is 5.75 Å². The van der Waals surface area contributed by atoms with E-state index >= 15 is 0 Å². The lowest BCUT2D eigenvalue weighted by Gasteiger charge is -2.32. The van der Waals surface area contributed by atoms with Crippen LogP contribution >= 0.6 is 0 Å². The van der Waals surface area contributed by atoms with E-state index in [1.54, 1.807) is 12.1 Å². The van der Waals surface area contributed by atoms with Gasteiger partial charge < -0.3 is 10.1 Å². The van der Waals surface area contributed by atoms with Crippen LogP contribution < -0.4 is 10.1 Å². The van der Waals surface area contributed by atoms with Crippen LogP contribution in [0.2, 0.25) is 0 Å². The SMILES string of the molecule is COc1ccc(C(=O)NCCc2ccccc2)cc1S(=O)(=O)N1CCCC[C@@H]1C. The number of benzene rings is 2. The topological polar surface area (TPSA) is 75.7 Å². The first-order valence-electron chi connectivity index (χ1n) is 9.95. The lowest BCUT2D eigenvalue weighted by Crippen LogP contribution is -2.42. The highest BCUT2D eigenvalue weighted by atomic mass is 32.2. The number of nitrogens with one attached hydrogen (secondary N) is 1. The van der Waals surface area contributed by atoms with Crippen molar-refractivity contribution in [1.29, 1.82) is 0 Å². The number of hydrogen-bond acceptors (Lipinski definition) is 4. The first-order chi connectivity index (χ1) is 13.9. The summed E-state index contributed by atoms with van der Waals surface area (Å²) < 4.78 is 33.3. The summed E-state index contributed by atoms with van der Waals surface area (Å²) in [6.07, 6.45) is 3.40. The molecule has 2 aromatic carbocycles. The summed E-state index contributed by atoms with van der Waals surface area (Å²) in [4.78, 5) is 12.6. The van der Waals surface area contributed by atoms with E-state index in [-0.39, 0.29) is 22.6 Å². The van der Waals surface area contributed by atoms with E-state index in [1.807, 2.05) is 37.3 Å². The van der Waals surface area contributed by atoms with Gasteiger partial charge in [0.1, 0.15) is 10.6 Å². The van der Waals surface area contributed by atoms with E-state index in [0.29, 0.717) is 25.1 Å². The molecule has 1 aliphatic heterocycles. The van der Waals surface area contributed by atoms with Crippen molar-refractivity contribution < 1.29 is 17.9 Å². The maximum absolute atomic E-state index is 13.3. The number of sulfonamides is 1. The molecule has 1 amide bonds. The van der Waals surface area contributed by atoms with Crippen molar-refractivity contribution in [2.24, 2.45) is 0 Å². The molecule has 3 rings (SSSR count). The molecule has 0 saturated carbocycles. The average Bonchev–Trinajstić information content (AvgIpc) is 2.74. The van der Waals surface area contributed by atoms with E-state index in [4.69, 9.17) is 4.74 Å². The second-order valence-electron chi connectivity index (χ2n) is 7.32. The van der Waals surface area contributed by atoms with Gasteiger partial charge in [-0.1, -0.05) is 36.8 Å². The number of carbonyl (C=O) groups excluding carboxylic acids is 1. The van der Waals surface area contributed by atoms with Crippen LogP contribution in [0, 0.1) is 0 Å². The third kappa shape index (κ3) is 4.97. The number of rotatable bonds is 7. The third-order valence-electron chi connectivity index (χ3n) is 5.30. The molecule has 156 valence electrons. The minimum absolute atomic E-state index is 0.0458. The van der Waals surface area contributed by atoms with Crippen molar-refractivity contribution in [3.05, 3.63) is 59.7 Å². The highest BCUT2D eigenvalue weighted by Crippen LogP contribution is 2.31. The summed E-state index contributed by atoms with van der Waals surface area (Å²) in [6, 6.07) is 14.4. The van der Waals surface area contributed by atoms with Gasteiger partial charge in [0.15, 0.2) is 0 Å². The predicted octanol–water partition coefficient (Wildman–Crippen LogP) is 3.23. The molecule has 1 fully saturated rings. The fourth-order valence-corrected chi connectivity index (χ4v) is 5.52. The lowest BCUT2D eigenvalue weighted by molar-refractivity contribution is 0.0954. The minimum atomic E-state index is -3.75. The molecule has 0 bridgehead atoms. The monoisotopic (exact) mass is 416 g/mol. The Morgan fingerprint density at radius 2 is 1.93 bits per heavy atom. The number of piperidine rings is 1. The van der Waals surface area contributed by atoms with E-state index in [2.05, 4.69) is 5.32 Å². The van der Waals surface area contributed by atoms with Gasteiger partial charge in [0.05, 0.1) is 7.11 Å². The van der Waals surface area contributed by atoms with Gasteiger partial charge in [0, 0.05) is 24.7 Å². The zero-order valence-electron chi connectivity index (χ0n) is 16.9. The normalized spacial score (nSPS) is 17.7. The van der Waals surface area contributed by atoms with E-state index in [0.717, 1.165) is 24.8 Å². The summed E-state index contributed by atoms with van der Waals surface area (Å²) in [5.41, 5.74) is 1.44. The van der Waals surface area contributed by atoms with Crippen molar-refractivity contribution >= 4 is 15.9 Å². The average molecular weight is 417 g/mol. The van der Waals surface area contributed by atoms with Crippen LogP contribution in [-0.4, -0.2) is 44.9 Å². The molecule has 7 heteroatoms. The van der Waals surface area contributed by atoms with Crippen LogP contribution in [0.15, 0.2) is 53.4 Å². The lowest BCUT2D eigenvalue weighted by atomic mass is 10.1. The summed E-state index contributed by atoms with van der Waals surface area (Å²) in [5.74, 6) is -0.0460. The van der Waals surface area contributed by atoms with Crippen LogP contribution in [-0.2, 0) is 16.4 Å². The molecule has 1 aliphatic rings. The minimum Gasteiger partial charge on any atom is -0.495 e. The molecule has 0 aliphatic carbocycles. The molecule has 1 heterocycles. The highest BCUT2D eigenvalue weighted by molar-refractivity contribution is 7.89. The number of methoxy groups -OCH3 is 1. The smallest absolute Gasteiger partial charge is 0.251 e. The van der Waals surface area contributed by atoms with Crippen LogP contribution in [0.4, 0.5) is 0 Å². The Balaban J connectivity index is 1.78. The fraction of sp³-hybridized carbons (Fsp3) is 0.409. The third-order valence-corrected chi connectivity index (χ3v) is 7.33. The zero-order valence-corrected chi connectivity index (χ0v) is 17.7. The van der Waals surface area contributed by atoms with Gasteiger partial charge in [-0.2, -0.15) is 4.31 Å². The van der Waals surface area contributed by atoms with Gasteiger partial charge in [-0.25, -0.2) is 8.42 Å². The number of nitrogens with zero attached hydrogens (tertiary/aromatic N) is 1. The molecule has 1 saturated heterocycles. The number of amides is 1. The van der Waals surface area contributed by atoms with Gasteiger partial charge in [-0.15, -0.1) is 0 Å². The van der Waals surface area contributed by atoms with Gasteiger partial charge in [-0.05, 0) is 49.9 Å². The first kappa shape index (κ1) is 21.3. The standard InChI is InChI=1S/C22H28N2O4S/c1-17-8-6-7-15-24(17)29(26,27)21-16-19(11-12-20(21)28-2)22(25)23-14-13-18-9-4-3-5-10-18/h3-5,9-12,16-17H,6-8,13-15H2,1-2H3,(H,23,25)/t17-/m0/s1. The Kier molecular flexibility index (Phi) is 6.92. The van der Waals surface area contributed by atoms with Crippen molar-refractivity contribution in [2.45, 2.75) is 43.5 Å². The molecule has 2 aromatic rings. The van der Waals surface area contributed by atoms with E-state index in [9.17, 15) is 13.2 Å². The summed E-state index contributed by atoms with van der Waals surface area (Å²) in [7, 11) is -2.31.